The summed E-state index contributed by atoms with van der Waals surface area (Å²) in [6.45, 7) is 0.350. The molecule has 1 heterocycles. The molecule has 3 nitrogen and oxygen atoms in total. The lowest BCUT2D eigenvalue weighted by Crippen LogP contribution is -2.06. The smallest absolute Gasteiger partial charge is 0.309 e. The van der Waals surface area contributed by atoms with Gasteiger partial charge in [0.2, 0.25) is 0 Å². The van der Waals surface area contributed by atoms with Crippen molar-refractivity contribution in [2.24, 2.45) is 5.92 Å². The molecule has 1 aliphatic rings. The molecule has 0 saturated heterocycles. The molecule has 13 heavy (non-hydrogen) atoms. The number of hydrogen-bond acceptors (Lipinski definition) is 3. The summed E-state index contributed by atoms with van der Waals surface area (Å²) in [6, 6.07) is 3.73. The number of hydrogen-bond donors (Lipinski definition) is 0. The number of carbonyl (C=O) groups excluding carboxylic acids is 1. The van der Waals surface area contributed by atoms with Crippen molar-refractivity contribution in [2.45, 2.75) is 19.4 Å². The Morgan fingerprint density at radius 3 is 3.08 bits per heavy atom. The molecule has 0 aliphatic heterocycles. The summed E-state index contributed by atoms with van der Waals surface area (Å²) in [5.41, 5.74) is 0.941. The monoisotopic (exact) mass is 177 g/mol. The Hall–Kier alpha value is -1.38. The van der Waals surface area contributed by atoms with Gasteiger partial charge in [-0.15, -0.1) is 0 Å². The molecular weight excluding hydrogens is 166 g/mol. The molecular formula is C10H11NO2. The summed E-state index contributed by atoms with van der Waals surface area (Å²) in [5.74, 6) is 0.112. The first-order chi connectivity index (χ1) is 6.36. The van der Waals surface area contributed by atoms with Crippen molar-refractivity contribution in [1.82, 2.24) is 4.98 Å². The van der Waals surface area contributed by atoms with Crippen LogP contribution < -0.4 is 0 Å². The van der Waals surface area contributed by atoms with Crippen LogP contribution in [0.3, 0.4) is 0 Å². The second-order valence-corrected chi connectivity index (χ2v) is 3.24. The molecule has 0 N–H and O–H groups in total. The van der Waals surface area contributed by atoms with Crippen LogP contribution in [0.4, 0.5) is 0 Å². The first kappa shape index (κ1) is 8.23. The van der Waals surface area contributed by atoms with Crippen molar-refractivity contribution >= 4 is 5.97 Å². The van der Waals surface area contributed by atoms with Crippen molar-refractivity contribution in [2.75, 3.05) is 0 Å². The maximum Gasteiger partial charge on any atom is 0.309 e. The van der Waals surface area contributed by atoms with Crippen LogP contribution in [0.15, 0.2) is 24.5 Å². The summed E-state index contributed by atoms with van der Waals surface area (Å²) >= 11 is 0. The summed E-state index contributed by atoms with van der Waals surface area (Å²) in [6.07, 6.45) is 5.39. The van der Waals surface area contributed by atoms with Gasteiger partial charge in [0.05, 0.1) is 5.92 Å². The van der Waals surface area contributed by atoms with Crippen molar-refractivity contribution in [3.63, 3.8) is 0 Å². The lowest BCUT2D eigenvalue weighted by Gasteiger charge is -2.02. The Morgan fingerprint density at radius 1 is 1.62 bits per heavy atom. The Kier molecular flexibility index (Phi) is 2.25. The standard InChI is InChI=1S/C10H11NO2/c12-10(9-3-4-9)13-7-8-2-1-5-11-6-8/h1-2,5-6,9H,3-4,7H2. The van der Waals surface area contributed by atoms with E-state index in [4.69, 9.17) is 4.74 Å². The minimum atomic E-state index is -0.0659. The Morgan fingerprint density at radius 2 is 2.46 bits per heavy atom. The van der Waals surface area contributed by atoms with Gasteiger partial charge in [0.15, 0.2) is 0 Å². The number of nitrogens with zero attached hydrogens (tertiary/aromatic N) is 1. The highest BCUT2D eigenvalue weighted by atomic mass is 16.5. The summed E-state index contributed by atoms with van der Waals surface area (Å²) in [5, 5.41) is 0. The van der Waals surface area contributed by atoms with Crippen LogP contribution in [0.1, 0.15) is 18.4 Å². The first-order valence-corrected chi connectivity index (χ1v) is 4.42. The predicted octanol–water partition coefficient (Wildman–Crippen LogP) is 1.53. The Balaban J connectivity index is 1.82. The molecule has 0 radical (unpaired) electrons. The molecule has 0 spiro atoms. The van der Waals surface area contributed by atoms with Crippen LogP contribution in [-0.2, 0) is 16.1 Å². The fourth-order valence-corrected chi connectivity index (χ4v) is 1.07. The third-order valence-corrected chi connectivity index (χ3v) is 2.01. The van der Waals surface area contributed by atoms with E-state index in [-0.39, 0.29) is 11.9 Å². The average Bonchev–Trinajstić information content (AvgIpc) is 2.99. The predicted molar refractivity (Wildman–Crippen MR) is 46.8 cm³/mol. The van der Waals surface area contributed by atoms with Crippen LogP contribution >= 0.6 is 0 Å². The molecule has 1 aliphatic carbocycles. The maximum atomic E-state index is 11.1. The topological polar surface area (TPSA) is 39.2 Å². The van der Waals surface area contributed by atoms with E-state index in [0.29, 0.717) is 6.61 Å². The van der Waals surface area contributed by atoms with Crippen LogP contribution in [0.25, 0.3) is 0 Å². The quantitative estimate of drug-likeness (QED) is 0.657. The highest BCUT2D eigenvalue weighted by molar-refractivity contribution is 5.74. The molecule has 0 amide bonds. The largest absolute Gasteiger partial charge is 0.461 e. The number of ether oxygens (including phenoxy) is 1. The third kappa shape index (κ3) is 2.28. The van der Waals surface area contributed by atoms with Gasteiger partial charge in [-0.05, 0) is 18.9 Å². The second kappa shape index (κ2) is 3.56. The lowest BCUT2D eigenvalue weighted by molar-refractivity contribution is -0.146. The zero-order chi connectivity index (χ0) is 9.10. The minimum Gasteiger partial charge on any atom is -0.461 e. The zero-order valence-corrected chi connectivity index (χ0v) is 7.27. The summed E-state index contributed by atoms with van der Waals surface area (Å²) in [4.78, 5) is 15.1. The van der Waals surface area contributed by atoms with E-state index in [9.17, 15) is 4.79 Å². The normalized spacial score (nSPS) is 15.4. The maximum absolute atomic E-state index is 11.1. The number of carbonyl (C=O) groups is 1. The van der Waals surface area contributed by atoms with Crippen molar-refractivity contribution in [1.29, 1.82) is 0 Å². The van der Waals surface area contributed by atoms with Crippen molar-refractivity contribution in [3.8, 4) is 0 Å². The SMILES string of the molecule is O=C(OCc1cccnc1)C1CC1. The fraction of sp³-hybridized carbons (Fsp3) is 0.400. The molecule has 0 aromatic carbocycles. The molecule has 0 atom stereocenters. The second-order valence-electron chi connectivity index (χ2n) is 3.24. The summed E-state index contributed by atoms with van der Waals surface area (Å²) < 4.78 is 5.07. The molecule has 1 fully saturated rings. The Bertz CT molecular complexity index is 293. The van der Waals surface area contributed by atoms with E-state index in [0.717, 1.165) is 18.4 Å². The van der Waals surface area contributed by atoms with Gasteiger partial charge in [-0.3, -0.25) is 9.78 Å². The van der Waals surface area contributed by atoms with E-state index in [2.05, 4.69) is 4.98 Å². The number of pyridine rings is 1. The van der Waals surface area contributed by atoms with Gasteiger partial charge in [0, 0.05) is 18.0 Å². The first-order valence-electron chi connectivity index (χ1n) is 4.42. The van der Waals surface area contributed by atoms with Gasteiger partial charge in [-0.25, -0.2) is 0 Å². The molecule has 1 aromatic rings. The van der Waals surface area contributed by atoms with Gasteiger partial charge in [-0.1, -0.05) is 6.07 Å². The van der Waals surface area contributed by atoms with E-state index >= 15 is 0 Å². The summed E-state index contributed by atoms with van der Waals surface area (Å²) in [7, 11) is 0. The van der Waals surface area contributed by atoms with Crippen molar-refractivity contribution in [3.05, 3.63) is 30.1 Å². The highest BCUT2D eigenvalue weighted by Gasteiger charge is 2.31. The van der Waals surface area contributed by atoms with Gasteiger partial charge in [0.1, 0.15) is 6.61 Å². The highest BCUT2D eigenvalue weighted by Crippen LogP contribution is 2.30. The molecule has 1 saturated carbocycles. The Labute approximate surface area is 76.7 Å². The fourth-order valence-electron chi connectivity index (χ4n) is 1.07. The lowest BCUT2D eigenvalue weighted by atomic mass is 10.3. The molecule has 1 aromatic heterocycles. The minimum absolute atomic E-state index is 0.0659. The van der Waals surface area contributed by atoms with E-state index in [1.807, 2.05) is 12.1 Å². The molecule has 68 valence electrons. The van der Waals surface area contributed by atoms with Gasteiger partial charge >= 0.3 is 5.97 Å². The molecule has 0 bridgehead atoms. The number of aromatic nitrogens is 1. The van der Waals surface area contributed by atoms with Crippen LogP contribution in [0.2, 0.25) is 0 Å². The van der Waals surface area contributed by atoms with Gasteiger partial charge in [0.25, 0.3) is 0 Å². The molecule has 3 heteroatoms. The van der Waals surface area contributed by atoms with E-state index in [1.54, 1.807) is 12.4 Å². The van der Waals surface area contributed by atoms with Crippen molar-refractivity contribution < 1.29 is 9.53 Å². The van der Waals surface area contributed by atoms with Gasteiger partial charge in [-0.2, -0.15) is 0 Å². The van der Waals surface area contributed by atoms with Crippen LogP contribution in [0, 0.1) is 5.92 Å². The molecule has 2 rings (SSSR count). The van der Waals surface area contributed by atoms with Gasteiger partial charge < -0.3 is 4.74 Å². The van der Waals surface area contributed by atoms with E-state index < -0.39 is 0 Å². The average molecular weight is 177 g/mol. The zero-order valence-electron chi connectivity index (χ0n) is 7.27. The third-order valence-electron chi connectivity index (χ3n) is 2.01. The number of esters is 1. The van der Waals surface area contributed by atoms with Crippen LogP contribution in [-0.4, -0.2) is 11.0 Å². The molecule has 0 unspecified atom stereocenters. The van der Waals surface area contributed by atoms with E-state index in [1.165, 1.54) is 0 Å². The van der Waals surface area contributed by atoms with Crippen LogP contribution in [0.5, 0.6) is 0 Å². The number of rotatable bonds is 3.